The highest BCUT2D eigenvalue weighted by molar-refractivity contribution is 5.50. The molecule has 0 aromatic carbocycles. The van der Waals surface area contributed by atoms with Gasteiger partial charge in [-0.1, -0.05) is 0 Å². The summed E-state index contributed by atoms with van der Waals surface area (Å²) >= 11 is 0. The van der Waals surface area contributed by atoms with Gasteiger partial charge in [0.05, 0.1) is 0 Å². The molecule has 1 atom stereocenters. The zero-order valence-corrected chi connectivity index (χ0v) is 13.2. The number of nitrogens with zero attached hydrogens (tertiary/aromatic N) is 5. The molecule has 0 bridgehead atoms. The van der Waals surface area contributed by atoms with Crippen molar-refractivity contribution in [2.24, 2.45) is 5.92 Å². The largest absolute Gasteiger partial charge is 0.356 e. The van der Waals surface area contributed by atoms with Crippen LogP contribution >= 0.6 is 0 Å². The third-order valence-electron chi connectivity index (χ3n) is 5.05. The number of anilines is 1. The maximum absolute atomic E-state index is 4.62. The quantitative estimate of drug-likeness (QED) is 0.873. The molecule has 5 heteroatoms. The van der Waals surface area contributed by atoms with Crippen LogP contribution in [-0.2, 0) is 19.4 Å². The van der Waals surface area contributed by atoms with Crippen LogP contribution in [0.15, 0.2) is 18.7 Å². The number of hydrogen-bond acceptors (Lipinski definition) is 4. The van der Waals surface area contributed by atoms with Gasteiger partial charge >= 0.3 is 0 Å². The van der Waals surface area contributed by atoms with Crippen LogP contribution in [0.25, 0.3) is 0 Å². The molecule has 5 nitrogen and oxygen atoms in total. The molecule has 1 aliphatic heterocycles. The first-order valence-corrected chi connectivity index (χ1v) is 8.36. The molecular formula is C17H23N5. The summed E-state index contributed by atoms with van der Waals surface area (Å²) in [4.78, 5) is 15.9. The lowest BCUT2D eigenvalue weighted by Crippen LogP contribution is -2.38. The standard InChI is InChI=1S/C17H23N5/c1-13-18-7-9-21(13)10-14-4-3-8-22(11-14)17-15-5-2-6-16(15)19-12-20-17/h7,9,12,14H,2-6,8,10-11H2,1H3/t14-/m0/s1. The first-order chi connectivity index (χ1) is 10.8. The summed E-state index contributed by atoms with van der Waals surface area (Å²) in [6, 6.07) is 0. The molecule has 22 heavy (non-hydrogen) atoms. The molecule has 0 saturated carbocycles. The van der Waals surface area contributed by atoms with E-state index < -0.39 is 0 Å². The Morgan fingerprint density at radius 1 is 1.18 bits per heavy atom. The minimum Gasteiger partial charge on any atom is -0.356 e. The van der Waals surface area contributed by atoms with Gasteiger partial charge in [0.2, 0.25) is 0 Å². The molecule has 0 radical (unpaired) electrons. The fraction of sp³-hybridized carbons (Fsp3) is 0.588. The minimum atomic E-state index is 0.675. The van der Waals surface area contributed by atoms with Crippen LogP contribution in [0.2, 0.25) is 0 Å². The minimum absolute atomic E-state index is 0.675. The number of rotatable bonds is 3. The van der Waals surface area contributed by atoms with Crippen LogP contribution in [0.1, 0.15) is 36.3 Å². The fourth-order valence-electron chi connectivity index (χ4n) is 3.90. The van der Waals surface area contributed by atoms with E-state index in [4.69, 9.17) is 0 Å². The Morgan fingerprint density at radius 2 is 2.14 bits per heavy atom. The molecule has 1 saturated heterocycles. The topological polar surface area (TPSA) is 46.8 Å². The zero-order valence-electron chi connectivity index (χ0n) is 13.2. The van der Waals surface area contributed by atoms with Crippen molar-refractivity contribution in [3.05, 3.63) is 35.8 Å². The Hall–Kier alpha value is -1.91. The second kappa shape index (κ2) is 5.71. The van der Waals surface area contributed by atoms with E-state index in [0.717, 1.165) is 38.3 Å². The Balaban J connectivity index is 1.52. The second-order valence-electron chi connectivity index (χ2n) is 6.56. The summed E-state index contributed by atoms with van der Waals surface area (Å²) in [6.07, 6.45) is 11.8. The molecule has 4 rings (SSSR count). The lowest BCUT2D eigenvalue weighted by molar-refractivity contribution is 0.362. The third-order valence-corrected chi connectivity index (χ3v) is 5.05. The summed E-state index contributed by atoms with van der Waals surface area (Å²) in [5, 5.41) is 0. The van der Waals surface area contributed by atoms with E-state index in [1.54, 1.807) is 6.33 Å². The monoisotopic (exact) mass is 297 g/mol. The van der Waals surface area contributed by atoms with Crippen molar-refractivity contribution in [3.63, 3.8) is 0 Å². The van der Waals surface area contributed by atoms with E-state index >= 15 is 0 Å². The van der Waals surface area contributed by atoms with Gasteiger partial charge in [-0.05, 0) is 44.9 Å². The van der Waals surface area contributed by atoms with Gasteiger partial charge in [-0.2, -0.15) is 0 Å². The maximum Gasteiger partial charge on any atom is 0.135 e. The van der Waals surface area contributed by atoms with Crippen LogP contribution in [0.5, 0.6) is 0 Å². The van der Waals surface area contributed by atoms with Gasteiger partial charge in [0, 0.05) is 43.3 Å². The summed E-state index contributed by atoms with van der Waals surface area (Å²) in [5.74, 6) is 2.99. The molecular weight excluding hydrogens is 274 g/mol. The Bertz CT molecular complexity index is 663. The SMILES string of the molecule is Cc1nccn1C[C@@H]1CCCN(c2ncnc3c2CCC3)C1. The number of hydrogen-bond donors (Lipinski definition) is 0. The average molecular weight is 297 g/mol. The summed E-state index contributed by atoms with van der Waals surface area (Å²) in [7, 11) is 0. The van der Waals surface area contributed by atoms with Crippen molar-refractivity contribution >= 4 is 5.82 Å². The molecule has 2 aromatic heterocycles. The summed E-state index contributed by atoms with van der Waals surface area (Å²) in [6.45, 7) is 5.37. The highest BCUT2D eigenvalue weighted by Gasteiger charge is 2.26. The molecule has 0 N–H and O–H groups in total. The van der Waals surface area contributed by atoms with Crippen molar-refractivity contribution in [3.8, 4) is 0 Å². The molecule has 1 fully saturated rings. The van der Waals surface area contributed by atoms with Gasteiger partial charge in [0.15, 0.2) is 0 Å². The van der Waals surface area contributed by atoms with Gasteiger partial charge in [-0.15, -0.1) is 0 Å². The van der Waals surface area contributed by atoms with Crippen molar-refractivity contribution in [2.75, 3.05) is 18.0 Å². The summed E-state index contributed by atoms with van der Waals surface area (Å²) in [5.41, 5.74) is 2.68. The van der Waals surface area contributed by atoms with Gasteiger partial charge in [0.25, 0.3) is 0 Å². The lowest BCUT2D eigenvalue weighted by Gasteiger charge is -2.34. The highest BCUT2D eigenvalue weighted by Crippen LogP contribution is 2.31. The molecule has 0 unspecified atom stereocenters. The highest BCUT2D eigenvalue weighted by atomic mass is 15.2. The number of imidazole rings is 1. The Labute approximate surface area is 131 Å². The van der Waals surface area contributed by atoms with Crippen molar-refractivity contribution in [2.45, 2.75) is 45.6 Å². The van der Waals surface area contributed by atoms with Crippen LogP contribution in [0.3, 0.4) is 0 Å². The zero-order chi connectivity index (χ0) is 14.9. The number of fused-ring (bicyclic) bond motifs is 1. The molecule has 1 aliphatic carbocycles. The number of aromatic nitrogens is 4. The Morgan fingerprint density at radius 3 is 3.00 bits per heavy atom. The summed E-state index contributed by atoms with van der Waals surface area (Å²) < 4.78 is 2.28. The van der Waals surface area contributed by atoms with Gasteiger partial charge in [0.1, 0.15) is 18.0 Å². The van der Waals surface area contributed by atoms with E-state index in [1.807, 2.05) is 6.20 Å². The predicted octanol–water partition coefficient (Wildman–Crippen LogP) is 2.39. The van der Waals surface area contributed by atoms with Gasteiger partial charge < -0.3 is 9.47 Å². The van der Waals surface area contributed by atoms with E-state index in [0.29, 0.717) is 5.92 Å². The normalized spacial score (nSPS) is 21.1. The van der Waals surface area contributed by atoms with Crippen LogP contribution in [-0.4, -0.2) is 32.6 Å². The third kappa shape index (κ3) is 2.49. The molecule has 2 aliphatic rings. The second-order valence-corrected chi connectivity index (χ2v) is 6.56. The average Bonchev–Trinajstić information content (AvgIpc) is 3.17. The van der Waals surface area contributed by atoms with Crippen LogP contribution < -0.4 is 4.90 Å². The van der Waals surface area contributed by atoms with Crippen molar-refractivity contribution in [1.29, 1.82) is 0 Å². The Kier molecular flexibility index (Phi) is 3.56. The fourth-order valence-corrected chi connectivity index (χ4v) is 3.90. The number of aryl methyl sites for hydroxylation is 2. The van der Waals surface area contributed by atoms with E-state index in [-0.39, 0.29) is 0 Å². The first-order valence-electron chi connectivity index (χ1n) is 8.36. The van der Waals surface area contributed by atoms with E-state index in [9.17, 15) is 0 Å². The van der Waals surface area contributed by atoms with Crippen molar-refractivity contribution < 1.29 is 0 Å². The predicted molar refractivity (Wildman–Crippen MR) is 86.0 cm³/mol. The van der Waals surface area contributed by atoms with Gasteiger partial charge in [-0.3, -0.25) is 0 Å². The van der Waals surface area contributed by atoms with E-state index in [1.165, 1.54) is 36.3 Å². The van der Waals surface area contributed by atoms with E-state index in [2.05, 4.69) is 37.5 Å². The van der Waals surface area contributed by atoms with Gasteiger partial charge in [-0.25, -0.2) is 15.0 Å². The maximum atomic E-state index is 4.62. The molecule has 0 amide bonds. The molecule has 3 heterocycles. The first kappa shape index (κ1) is 13.7. The molecule has 116 valence electrons. The van der Waals surface area contributed by atoms with Crippen LogP contribution in [0.4, 0.5) is 5.82 Å². The van der Waals surface area contributed by atoms with Crippen molar-refractivity contribution in [1.82, 2.24) is 19.5 Å². The lowest BCUT2D eigenvalue weighted by atomic mass is 9.97. The number of piperidine rings is 1. The smallest absolute Gasteiger partial charge is 0.135 e. The molecule has 2 aromatic rings. The van der Waals surface area contributed by atoms with Crippen LogP contribution in [0, 0.1) is 12.8 Å². The molecule has 0 spiro atoms.